The zero-order chi connectivity index (χ0) is 11.5. The van der Waals surface area contributed by atoms with E-state index in [1.807, 2.05) is 44.2 Å². The summed E-state index contributed by atoms with van der Waals surface area (Å²) >= 11 is 0. The highest BCUT2D eigenvalue weighted by molar-refractivity contribution is 5.71. The molecule has 0 bridgehead atoms. The maximum atomic E-state index is 11.2. The maximum absolute atomic E-state index is 11.2. The average molecular weight is 220 g/mol. The fraction of sp³-hybridized carbons (Fsp3) is 0.462. The van der Waals surface area contributed by atoms with Crippen molar-refractivity contribution in [1.29, 1.82) is 0 Å². The Morgan fingerprint density at radius 2 is 2.06 bits per heavy atom. The molecule has 2 atom stereocenters. The van der Waals surface area contributed by atoms with Crippen molar-refractivity contribution in [3.05, 3.63) is 35.9 Å². The molecule has 1 aromatic carbocycles. The van der Waals surface area contributed by atoms with E-state index in [9.17, 15) is 4.79 Å². The van der Waals surface area contributed by atoms with Crippen molar-refractivity contribution >= 4 is 5.97 Å². The summed E-state index contributed by atoms with van der Waals surface area (Å²) in [7, 11) is 0. The van der Waals surface area contributed by atoms with Gasteiger partial charge in [0.1, 0.15) is 18.8 Å². The van der Waals surface area contributed by atoms with Crippen LogP contribution in [0.4, 0.5) is 0 Å². The Kier molecular flexibility index (Phi) is 3.25. The van der Waals surface area contributed by atoms with Gasteiger partial charge in [0.05, 0.1) is 5.92 Å². The molecule has 1 heterocycles. The number of esters is 1. The highest BCUT2D eigenvalue weighted by atomic mass is 16.6. The Hall–Kier alpha value is -1.35. The quantitative estimate of drug-likeness (QED) is 0.577. The molecular formula is C13H16O3. The number of carbonyl (C=O) groups is 1. The van der Waals surface area contributed by atoms with Gasteiger partial charge in [-0.2, -0.15) is 0 Å². The number of carbonyl (C=O) groups excluding carboxylic acids is 1. The van der Waals surface area contributed by atoms with Crippen molar-refractivity contribution in [2.24, 2.45) is 5.92 Å². The first-order valence-electron chi connectivity index (χ1n) is 5.55. The minimum Gasteiger partial charge on any atom is -0.463 e. The third kappa shape index (κ3) is 2.61. The van der Waals surface area contributed by atoms with Gasteiger partial charge in [-0.15, -0.1) is 0 Å². The predicted octanol–water partition coefficient (Wildman–Crippen LogP) is 2.33. The van der Waals surface area contributed by atoms with Crippen molar-refractivity contribution in [3.63, 3.8) is 0 Å². The first kappa shape index (κ1) is 11.1. The van der Waals surface area contributed by atoms with Gasteiger partial charge in [-0.1, -0.05) is 44.2 Å². The molecule has 3 nitrogen and oxygen atoms in total. The topological polar surface area (TPSA) is 38.8 Å². The lowest BCUT2D eigenvalue weighted by Crippen LogP contribution is -2.15. The van der Waals surface area contributed by atoms with Crippen molar-refractivity contribution < 1.29 is 14.3 Å². The van der Waals surface area contributed by atoms with Crippen molar-refractivity contribution in [3.8, 4) is 0 Å². The molecule has 86 valence electrons. The molecule has 0 saturated carbocycles. The first-order valence-corrected chi connectivity index (χ1v) is 5.55. The van der Waals surface area contributed by atoms with Crippen LogP contribution in [0, 0.1) is 5.92 Å². The van der Waals surface area contributed by atoms with Gasteiger partial charge >= 0.3 is 5.97 Å². The van der Waals surface area contributed by atoms with Crippen LogP contribution in [-0.4, -0.2) is 18.7 Å². The van der Waals surface area contributed by atoms with Crippen molar-refractivity contribution in [2.45, 2.75) is 26.1 Å². The summed E-state index contributed by atoms with van der Waals surface area (Å²) in [6, 6.07) is 9.98. The summed E-state index contributed by atoms with van der Waals surface area (Å²) in [6.45, 7) is 4.01. The van der Waals surface area contributed by atoms with Crippen molar-refractivity contribution in [2.75, 3.05) is 6.61 Å². The lowest BCUT2D eigenvalue weighted by molar-refractivity contribution is -0.147. The predicted molar refractivity (Wildman–Crippen MR) is 59.9 cm³/mol. The largest absolute Gasteiger partial charge is 0.463 e. The number of rotatable bonds is 4. The molecule has 0 amide bonds. The number of hydrogen-bond acceptors (Lipinski definition) is 3. The van der Waals surface area contributed by atoms with Gasteiger partial charge in [0.2, 0.25) is 0 Å². The van der Waals surface area contributed by atoms with Crippen LogP contribution in [0.25, 0.3) is 0 Å². The van der Waals surface area contributed by atoms with Crippen LogP contribution in [0.3, 0.4) is 0 Å². The molecule has 0 spiro atoms. The molecule has 1 aliphatic rings. The molecule has 0 aromatic heterocycles. The maximum Gasteiger partial charge on any atom is 0.308 e. The van der Waals surface area contributed by atoms with Gasteiger partial charge in [-0.25, -0.2) is 0 Å². The molecule has 0 aliphatic carbocycles. The zero-order valence-corrected chi connectivity index (χ0v) is 9.55. The Labute approximate surface area is 95.4 Å². The van der Waals surface area contributed by atoms with Crippen LogP contribution in [0.5, 0.6) is 0 Å². The molecular weight excluding hydrogens is 204 g/mol. The highest BCUT2D eigenvalue weighted by Crippen LogP contribution is 2.38. The van der Waals surface area contributed by atoms with Crippen LogP contribution < -0.4 is 0 Å². The molecule has 3 heteroatoms. The van der Waals surface area contributed by atoms with Gasteiger partial charge < -0.3 is 9.47 Å². The SMILES string of the molecule is CC(C)C(=O)OCC1OC1c1ccccc1. The Morgan fingerprint density at radius 3 is 2.69 bits per heavy atom. The third-order valence-electron chi connectivity index (χ3n) is 2.57. The van der Waals surface area contributed by atoms with E-state index in [1.54, 1.807) is 0 Å². The second-order valence-electron chi connectivity index (χ2n) is 4.29. The number of benzene rings is 1. The van der Waals surface area contributed by atoms with Gasteiger partial charge in [0, 0.05) is 0 Å². The monoisotopic (exact) mass is 220 g/mol. The lowest BCUT2D eigenvalue weighted by Gasteiger charge is -2.04. The molecule has 0 N–H and O–H groups in total. The third-order valence-corrected chi connectivity index (χ3v) is 2.57. The Bertz CT molecular complexity index is 359. The minimum absolute atomic E-state index is 0.0325. The fourth-order valence-corrected chi connectivity index (χ4v) is 1.54. The van der Waals surface area contributed by atoms with Crippen LogP contribution in [0.1, 0.15) is 25.5 Å². The van der Waals surface area contributed by atoms with E-state index in [0.29, 0.717) is 6.61 Å². The molecule has 2 unspecified atom stereocenters. The van der Waals surface area contributed by atoms with Gasteiger partial charge in [-0.05, 0) is 5.56 Å². The Balaban J connectivity index is 1.78. The van der Waals surface area contributed by atoms with E-state index in [4.69, 9.17) is 9.47 Å². The summed E-state index contributed by atoms with van der Waals surface area (Å²) < 4.78 is 10.6. The van der Waals surface area contributed by atoms with E-state index < -0.39 is 0 Å². The van der Waals surface area contributed by atoms with Crippen molar-refractivity contribution in [1.82, 2.24) is 0 Å². The first-order chi connectivity index (χ1) is 7.68. The van der Waals surface area contributed by atoms with Gasteiger partial charge in [0.15, 0.2) is 0 Å². The molecule has 16 heavy (non-hydrogen) atoms. The second-order valence-corrected chi connectivity index (χ2v) is 4.29. The summed E-state index contributed by atoms with van der Waals surface area (Å²) in [5.41, 5.74) is 1.15. The van der Waals surface area contributed by atoms with Crippen LogP contribution in [0.15, 0.2) is 30.3 Å². The molecule has 1 saturated heterocycles. The average Bonchev–Trinajstić information content (AvgIpc) is 3.06. The van der Waals surface area contributed by atoms with Gasteiger partial charge in [-0.3, -0.25) is 4.79 Å². The summed E-state index contributed by atoms with van der Waals surface area (Å²) in [4.78, 5) is 11.2. The van der Waals surface area contributed by atoms with Crippen LogP contribution >= 0.6 is 0 Å². The second kappa shape index (κ2) is 4.66. The normalized spacial score (nSPS) is 23.2. The zero-order valence-electron chi connectivity index (χ0n) is 9.55. The van der Waals surface area contributed by atoms with E-state index >= 15 is 0 Å². The lowest BCUT2D eigenvalue weighted by atomic mass is 10.1. The van der Waals surface area contributed by atoms with Crippen LogP contribution in [0.2, 0.25) is 0 Å². The van der Waals surface area contributed by atoms with Crippen LogP contribution in [-0.2, 0) is 14.3 Å². The standard InChI is InChI=1S/C13H16O3/c1-9(2)13(14)15-8-11-12(16-11)10-6-4-3-5-7-10/h3-7,9,11-12H,8H2,1-2H3. The summed E-state index contributed by atoms with van der Waals surface area (Å²) in [5, 5.41) is 0. The van der Waals surface area contributed by atoms with E-state index in [2.05, 4.69) is 0 Å². The summed E-state index contributed by atoms with van der Waals surface area (Å²) in [6.07, 6.45) is 0.131. The molecule has 0 radical (unpaired) electrons. The molecule has 1 aliphatic heterocycles. The summed E-state index contributed by atoms with van der Waals surface area (Å²) in [5.74, 6) is -0.240. The number of epoxide rings is 1. The van der Waals surface area contributed by atoms with E-state index in [1.165, 1.54) is 0 Å². The van der Waals surface area contributed by atoms with E-state index in [0.717, 1.165) is 5.56 Å². The highest BCUT2D eigenvalue weighted by Gasteiger charge is 2.41. The number of ether oxygens (including phenoxy) is 2. The smallest absolute Gasteiger partial charge is 0.308 e. The molecule has 2 rings (SSSR count). The molecule has 1 fully saturated rings. The van der Waals surface area contributed by atoms with E-state index in [-0.39, 0.29) is 24.1 Å². The fourth-order valence-electron chi connectivity index (χ4n) is 1.54. The minimum atomic E-state index is -0.165. The Morgan fingerprint density at radius 1 is 1.38 bits per heavy atom. The molecule has 1 aromatic rings. The van der Waals surface area contributed by atoms with Gasteiger partial charge in [0.25, 0.3) is 0 Å². The number of hydrogen-bond donors (Lipinski definition) is 0.